The minimum Gasteiger partial charge on any atom is -0.457 e. The summed E-state index contributed by atoms with van der Waals surface area (Å²) in [6, 6.07) is 6.03. The van der Waals surface area contributed by atoms with Gasteiger partial charge in [-0.1, -0.05) is 46.6 Å². The van der Waals surface area contributed by atoms with E-state index in [9.17, 15) is 19.8 Å². The fourth-order valence-corrected chi connectivity index (χ4v) is 5.91. The van der Waals surface area contributed by atoms with Crippen LogP contribution in [0.15, 0.2) is 18.2 Å². The van der Waals surface area contributed by atoms with Gasteiger partial charge in [-0.3, -0.25) is 9.59 Å². The molecule has 198 valence electrons. The molecule has 36 heavy (non-hydrogen) atoms. The van der Waals surface area contributed by atoms with Gasteiger partial charge in [-0.05, 0) is 61.6 Å². The largest absolute Gasteiger partial charge is 0.457 e. The molecule has 2 fully saturated rings. The number of cyclic esters (lactones) is 1. The predicted molar refractivity (Wildman–Crippen MR) is 138 cm³/mol. The Morgan fingerprint density at radius 1 is 1.08 bits per heavy atom. The Morgan fingerprint density at radius 2 is 1.81 bits per heavy atom. The maximum Gasteiger partial charge on any atom is 0.309 e. The molecule has 7 nitrogen and oxygen atoms in total. The molecule has 1 aliphatic carbocycles. The van der Waals surface area contributed by atoms with Crippen molar-refractivity contribution >= 4 is 22.8 Å². The Balaban J connectivity index is 1.60. The lowest BCUT2D eigenvalue weighted by molar-refractivity contribution is -0.156. The molecule has 7 unspecified atom stereocenters. The van der Waals surface area contributed by atoms with Gasteiger partial charge in [-0.2, -0.15) is 0 Å². The maximum atomic E-state index is 13.3. The van der Waals surface area contributed by atoms with Gasteiger partial charge in [0.25, 0.3) is 0 Å². The van der Waals surface area contributed by atoms with Gasteiger partial charge < -0.3 is 19.5 Å². The Morgan fingerprint density at radius 3 is 2.53 bits per heavy atom. The van der Waals surface area contributed by atoms with Crippen molar-refractivity contribution in [3.8, 4) is 0 Å². The van der Waals surface area contributed by atoms with E-state index in [-0.39, 0.29) is 18.1 Å². The number of esters is 1. The summed E-state index contributed by atoms with van der Waals surface area (Å²) in [5, 5.41) is 21.8. The van der Waals surface area contributed by atoms with Crippen molar-refractivity contribution in [1.82, 2.24) is 9.55 Å². The van der Waals surface area contributed by atoms with E-state index in [1.807, 2.05) is 43.7 Å². The summed E-state index contributed by atoms with van der Waals surface area (Å²) >= 11 is 0. The smallest absolute Gasteiger partial charge is 0.309 e. The number of imidazole rings is 1. The molecule has 1 aromatic carbocycles. The SMILES string of the molecule is Cc1nc2cc(C3CC4CC4CCCC(C)C(O)C(C)C(=O)C(C)(C)C(O)CC(=O)O3)ccc2n1C. The number of nitrogens with zero attached hydrogens (tertiary/aromatic N) is 2. The average molecular weight is 499 g/mol. The van der Waals surface area contributed by atoms with E-state index in [4.69, 9.17) is 4.74 Å². The van der Waals surface area contributed by atoms with Crippen molar-refractivity contribution in [2.24, 2.45) is 36.1 Å². The number of aryl methyl sites for hydroxylation is 2. The molecule has 4 rings (SSSR count). The fourth-order valence-electron chi connectivity index (χ4n) is 5.91. The summed E-state index contributed by atoms with van der Waals surface area (Å²) in [6.07, 6.45) is 2.12. The standard InChI is InChI=1S/C29H42N2O5/c1-16-8-7-9-19-12-21(19)14-24(20-10-11-23-22(13-20)30-18(3)31(23)6)36-26(33)15-25(32)29(4,5)28(35)17(2)27(16)34/h10-11,13,16-17,19,21,24-25,27,32,34H,7-9,12,14-15H2,1-6H3. The topological polar surface area (TPSA) is 102 Å². The van der Waals surface area contributed by atoms with Crippen molar-refractivity contribution in [3.05, 3.63) is 29.6 Å². The number of carbonyl (C=O) groups excluding carboxylic acids is 2. The highest BCUT2D eigenvalue weighted by Gasteiger charge is 2.44. The Kier molecular flexibility index (Phi) is 7.63. The second-order valence-electron chi connectivity index (χ2n) is 11.9. The third kappa shape index (κ3) is 5.37. The molecule has 2 N–H and O–H groups in total. The number of rotatable bonds is 1. The molecule has 7 heteroatoms. The number of ketones is 1. The van der Waals surface area contributed by atoms with E-state index in [0.717, 1.165) is 54.5 Å². The number of Topliss-reactive ketones (excluding diaryl/α,β-unsaturated/α-hetero) is 1. The molecule has 1 aromatic heterocycles. The zero-order valence-electron chi connectivity index (χ0n) is 22.5. The summed E-state index contributed by atoms with van der Waals surface area (Å²) in [7, 11) is 1.98. The van der Waals surface area contributed by atoms with E-state index in [1.54, 1.807) is 20.8 Å². The molecule has 2 aliphatic rings. The first-order valence-corrected chi connectivity index (χ1v) is 13.4. The lowest BCUT2D eigenvalue weighted by Crippen LogP contribution is -2.45. The normalized spacial score (nSPS) is 34.3. The van der Waals surface area contributed by atoms with Crippen molar-refractivity contribution in [3.63, 3.8) is 0 Å². The summed E-state index contributed by atoms with van der Waals surface area (Å²) in [4.78, 5) is 30.9. The van der Waals surface area contributed by atoms with Gasteiger partial charge in [0.15, 0.2) is 0 Å². The lowest BCUT2D eigenvalue weighted by Gasteiger charge is -2.34. The molecule has 0 bridgehead atoms. The monoisotopic (exact) mass is 498 g/mol. The van der Waals surface area contributed by atoms with Crippen LogP contribution in [0.5, 0.6) is 0 Å². The quantitative estimate of drug-likeness (QED) is 0.555. The Labute approximate surface area is 214 Å². The highest BCUT2D eigenvalue weighted by atomic mass is 16.5. The van der Waals surface area contributed by atoms with Crippen LogP contribution in [0.4, 0.5) is 0 Å². The van der Waals surface area contributed by atoms with E-state index in [0.29, 0.717) is 11.8 Å². The molecule has 1 saturated carbocycles. The molecule has 0 radical (unpaired) electrons. The van der Waals surface area contributed by atoms with Crippen LogP contribution in [0.1, 0.15) is 83.7 Å². The minimum atomic E-state index is -1.20. The van der Waals surface area contributed by atoms with E-state index in [2.05, 4.69) is 4.98 Å². The fraction of sp³-hybridized carbons (Fsp3) is 0.690. The average Bonchev–Trinajstić information content (AvgIpc) is 3.51. The molecule has 2 heterocycles. The van der Waals surface area contributed by atoms with Crippen molar-refractivity contribution in [2.75, 3.05) is 0 Å². The highest BCUT2D eigenvalue weighted by molar-refractivity contribution is 5.88. The van der Waals surface area contributed by atoms with Crippen LogP contribution in [0.25, 0.3) is 11.0 Å². The first-order chi connectivity index (χ1) is 16.9. The summed E-state index contributed by atoms with van der Waals surface area (Å²) in [5.74, 6) is 0.618. The number of hydrogen-bond acceptors (Lipinski definition) is 6. The number of hydrogen-bond donors (Lipinski definition) is 2. The molecule has 7 atom stereocenters. The number of benzene rings is 1. The van der Waals surface area contributed by atoms with Gasteiger partial charge >= 0.3 is 5.97 Å². The molecule has 2 aromatic rings. The van der Waals surface area contributed by atoms with Gasteiger partial charge in [-0.25, -0.2) is 4.98 Å². The summed E-state index contributed by atoms with van der Waals surface area (Å²) < 4.78 is 8.03. The van der Waals surface area contributed by atoms with Crippen molar-refractivity contribution < 1.29 is 24.5 Å². The Hall–Kier alpha value is -2.25. The van der Waals surface area contributed by atoms with Crippen LogP contribution in [-0.4, -0.2) is 43.7 Å². The van der Waals surface area contributed by atoms with E-state index >= 15 is 0 Å². The number of carbonyl (C=O) groups is 2. The molecule has 0 amide bonds. The first-order valence-electron chi connectivity index (χ1n) is 13.4. The molecule has 0 spiro atoms. The molecular weight excluding hydrogens is 456 g/mol. The molecule has 1 aliphatic heterocycles. The maximum absolute atomic E-state index is 13.3. The minimum absolute atomic E-state index is 0.00623. The third-order valence-corrected chi connectivity index (χ3v) is 8.93. The van der Waals surface area contributed by atoms with Crippen LogP contribution in [0, 0.1) is 36.0 Å². The number of fused-ring (bicyclic) bond motifs is 2. The van der Waals surface area contributed by atoms with Crippen LogP contribution in [-0.2, 0) is 21.4 Å². The van der Waals surface area contributed by atoms with Crippen LogP contribution in [0.3, 0.4) is 0 Å². The van der Waals surface area contributed by atoms with Crippen molar-refractivity contribution in [1.29, 1.82) is 0 Å². The van der Waals surface area contributed by atoms with E-state index in [1.165, 1.54) is 0 Å². The number of ether oxygens (including phenoxy) is 1. The van der Waals surface area contributed by atoms with E-state index < -0.39 is 35.6 Å². The molecular formula is C29H42N2O5. The zero-order valence-corrected chi connectivity index (χ0v) is 22.5. The summed E-state index contributed by atoms with van der Waals surface area (Å²) in [5.41, 5.74) is 1.63. The van der Waals surface area contributed by atoms with Gasteiger partial charge in [0.2, 0.25) is 0 Å². The molecule has 1 saturated heterocycles. The van der Waals surface area contributed by atoms with Crippen LogP contribution < -0.4 is 0 Å². The van der Waals surface area contributed by atoms with Crippen molar-refractivity contribution in [2.45, 2.75) is 91.5 Å². The summed E-state index contributed by atoms with van der Waals surface area (Å²) in [6.45, 7) is 8.98. The number of aliphatic hydroxyl groups is 2. The van der Waals surface area contributed by atoms with Crippen LogP contribution >= 0.6 is 0 Å². The van der Waals surface area contributed by atoms with Crippen LogP contribution in [0.2, 0.25) is 0 Å². The number of aliphatic hydroxyl groups excluding tert-OH is 2. The van der Waals surface area contributed by atoms with Gasteiger partial charge in [0, 0.05) is 13.0 Å². The highest BCUT2D eigenvalue weighted by Crippen LogP contribution is 2.49. The third-order valence-electron chi connectivity index (χ3n) is 8.93. The predicted octanol–water partition coefficient (Wildman–Crippen LogP) is 4.66. The Bertz CT molecular complexity index is 1120. The zero-order chi connectivity index (χ0) is 26.4. The second kappa shape index (κ2) is 10.3. The number of aromatic nitrogens is 2. The second-order valence-corrected chi connectivity index (χ2v) is 11.9. The van der Waals surface area contributed by atoms with Gasteiger partial charge in [0.05, 0.1) is 35.1 Å². The van der Waals surface area contributed by atoms with Gasteiger partial charge in [-0.15, -0.1) is 0 Å². The first kappa shape index (κ1) is 26.8. The van der Waals surface area contributed by atoms with Gasteiger partial charge in [0.1, 0.15) is 17.7 Å². The lowest BCUT2D eigenvalue weighted by atomic mass is 9.73.